The van der Waals surface area contributed by atoms with Crippen molar-refractivity contribution in [1.29, 1.82) is 0 Å². The summed E-state index contributed by atoms with van der Waals surface area (Å²) in [6, 6.07) is 2.86. The normalized spacial score (nSPS) is 16.7. The minimum atomic E-state index is -0.710. The molecule has 120 valence electrons. The van der Waals surface area contributed by atoms with Crippen LogP contribution in [0, 0.1) is 24.5 Å². The van der Waals surface area contributed by atoms with Crippen LogP contribution in [0.4, 0.5) is 14.5 Å². The fourth-order valence-corrected chi connectivity index (χ4v) is 3.34. The van der Waals surface area contributed by atoms with Crippen molar-refractivity contribution in [2.24, 2.45) is 5.92 Å². The Morgan fingerprint density at radius 3 is 3.00 bits per heavy atom. The molecule has 1 aromatic carbocycles. The van der Waals surface area contributed by atoms with Crippen molar-refractivity contribution < 1.29 is 13.6 Å². The molecule has 0 saturated heterocycles. The van der Waals surface area contributed by atoms with Crippen LogP contribution in [-0.4, -0.2) is 21.2 Å². The zero-order valence-corrected chi connectivity index (χ0v) is 13.0. The third-order valence-electron chi connectivity index (χ3n) is 3.56. The molecule has 8 heteroatoms. The highest BCUT2D eigenvalue weighted by molar-refractivity contribution is 7.99. The number of benzene rings is 1. The summed E-state index contributed by atoms with van der Waals surface area (Å²) in [5.74, 6) is -1.92. The fraction of sp³-hybridized carbons (Fsp3) is 0.267. The topological polar surface area (TPSA) is 64.0 Å². The summed E-state index contributed by atoms with van der Waals surface area (Å²) < 4.78 is 28.2. The third kappa shape index (κ3) is 3.12. The highest BCUT2D eigenvalue weighted by atomic mass is 32.2. The first-order valence-electron chi connectivity index (χ1n) is 6.91. The van der Waals surface area contributed by atoms with Crippen LogP contribution in [0.2, 0.25) is 0 Å². The number of rotatable bonds is 2. The van der Waals surface area contributed by atoms with Gasteiger partial charge in [-0.15, -0.1) is 0 Å². The minimum absolute atomic E-state index is 0.165. The standard InChI is InChI=1S/C15H13F2N3O2S/c1-8-5-18-15-20(14(8)22)6-9(7-23-15)13(21)19-12-4-10(16)2-3-11(12)17/h2-5,9H,6-7H2,1H3,(H,19,21). The Morgan fingerprint density at radius 2 is 2.22 bits per heavy atom. The number of nitrogens with one attached hydrogen (secondary N) is 1. The number of anilines is 1. The molecule has 2 heterocycles. The summed E-state index contributed by atoms with van der Waals surface area (Å²) in [7, 11) is 0. The number of thioether (sulfide) groups is 1. The van der Waals surface area contributed by atoms with E-state index < -0.39 is 23.5 Å². The van der Waals surface area contributed by atoms with Crippen LogP contribution in [-0.2, 0) is 11.3 Å². The molecule has 1 atom stereocenters. The molecule has 0 spiro atoms. The molecule has 2 aromatic rings. The number of hydrogen-bond acceptors (Lipinski definition) is 4. The average Bonchev–Trinajstić information content (AvgIpc) is 2.54. The zero-order chi connectivity index (χ0) is 16.6. The molecule has 1 aliphatic rings. The smallest absolute Gasteiger partial charge is 0.257 e. The van der Waals surface area contributed by atoms with E-state index in [1.807, 2.05) is 0 Å². The molecule has 1 aromatic heterocycles. The van der Waals surface area contributed by atoms with Gasteiger partial charge in [-0.1, -0.05) is 11.8 Å². The van der Waals surface area contributed by atoms with Gasteiger partial charge in [0.15, 0.2) is 5.16 Å². The molecule has 1 unspecified atom stereocenters. The maximum absolute atomic E-state index is 13.6. The molecule has 0 aliphatic carbocycles. The molecular formula is C15H13F2N3O2S. The van der Waals surface area contributed by atoms with Gasteiger partial charge in [-0.3, -0.25) is 14.2 Å². The van der Waals surface area contributed by atoms with Gasteiger partial charge in [-0.2, -0.15) is 0 Å². The van der Waals surface area contributed by atoms with E-state index in [1.165, 1.54) is 22.5 Å². The van der Waals surface area contributed by atoms with E-state index in [-0.39, 0.29) is 17.8 Å². The highest BCUT2D eigenvalue weighted by Crippen LogP contribution is 2.26. The lowest BCUT2D eigenvalue weighted by Gasteiger charge is -2.24. The predicted molar refractivity (Wildman–Crippen MR) is 82.4 cm³/mol. The van der Waals surface area contributed by atoms with Gasteiger partial charge in [0.2, 0.25) is 5.91 Å². The van der Waals surface area contributed by atoms with E-state index in [9.17, 15) is 18.4 Å². The lowest BCUT2D eigenvalue weighted by Crippen LogP contribution is -2.37. The number of halogens is 2. The molecule has 1 N–H and O–H groups in total. The van der Waals surface area contributed by atoms with Crippen molar-refractivity contribution in [2.75, 3.05) is 11.1 Å². The largest absolute Gasteiger partial charge is 0.323 e. The van der Waals surface area contributed by atoms with Crippen LogP contribution >= 0.6 is 11.8 Å². The first-order chi connectivity index (χ1) is 11.0. The van der Waals surface area contributed by atoms with Crippen molar-refractivity contribution in [3.05, 3.63) is 51.9 Å². The Hall–Kier alpha value is -2.22. The molecule has 3 rings (SSSR count). The summed E-state index contributed by atoms with van der Waals surface area (Å²) in [6.07, 6.45) is 1.50. The number of amides is 1. The number of aryl methyl sites for hydroxylation is 1. The maximum Gasteiger partial charge on any atom is 0.257 e. The number of aromatic nitrogens is 2. The first kappa shape index (κ1) is 15.7. The van der Waals surface area contributed by atoms with Gasteiger partial charge in [-0.25, -0.2) is 13.8 Å². The molecular weight excluding hydrogens is 324 g/mol. The van der Waals surface area contributed by atoms with Crippen LogP contribution in [0.1, 0.15) is 5.56 Å². The Bertz CT molecular complexity index is 838. The van der Waals surface area contributed by atoms with Crippen molar-refractivity contribution in [3.63, 3.8) is 0 Å². The summed E-state index contributed by atoms with van der Waals surface area (Å²) >= 11 is 1.29. The van der Waals surface area contributed by atoms with Gasteiger partial charge in [0, 0.05) is 30.1 Å². The van der Waals surface area contributed by atoms with E-state index in [0.29, 0.717) is 16.5 Å². The summed E-state index contributed by atoms with van der Waals surface area (Å²) in [6.45, 7) is 1.82. The molecule has 0 saturated carbocycles. The fourth-order valence-electron chi connectivity index (χ4n) is 2.29. The predicted octanol–water partition coefficient (Wildman–Crippen LogP) is 2.19. The first-order valence-corrected chi connectivity index (χ1v) is 7.89. The number of carbonyl (C=O) groups is 1. The maximum atomic E-state index is 13.6. The highest BCUT2D eigenvalue weighted by Gasteiger charge is 2.27. The molecule has 0 radical (unpaired) electrons. The second kappa shape index (κ2) is 6.11. The molecule has 0 bridgehead atoms. The summed E-state index contributed by atoms with van der Waals surface area (Å²) in [5.41, 5.74) is 0.0871. The van der Waals surface area contributed by atoms with Gasteiger partial charge in [-0.05, 0) is 19.1 Å². The van der Waals surface area contributed by atoms with Crippen LogP contribution < -0.4 is 10.9 Å². The number of fused-ring (bicyclic) bond motifs is 1. The van der Waals surface area contributed by atoms with Crippen molar-refractivity contribution >= 4 is 23.4 Å². The third-order valence-corrected chi connectivity index (χ3v) is 4.71. The lowest BCUT2D eigenvalue weighted by molar-refractivity contribution is -0.119. The van der Waals surface area contributed by atoms with E-state index in [2.05, 4.69) is 10.3 Å². The molecule has 5 nitrogen and oxygen atoms in total. The minimum Gasteiger partial charge on any atom is -0.323 e. The Balaban J connectivity index is 1.80. The van der Waals surface area contributed by atoms with Crippen molar-refractivity contribution in [3.8, 4) is 0 Å². The Labute approximate surface area is 134 Å². The van der Waals surface area contributed by atoms with Crippen molar-refractivity contribution in [1.82, 2.24) is 9.55 Å². The quantitative estimate of drug-likeness (QED) is 0.853. The average molecular weight is 337 g/mol. The van der Waals surface area contributed by atoms with Crippen LogP contribution in [0.15, 0.2) is 34.3 Å². The molecule has 1 amide bonds. The Morgan fingerprint density at radius 1 is 1.43 bits per heavy atom. The van der Waals surface area contributed by atoms with Gasteiger partial charge >= 0.3 is 0 Å². The van der Waals surface area contributed by atoms with Crippen LogP contribution in [0.5, 0.6) is 0 Å². The van der Waals surface area contributed by atoms with Gasteiger partial charge < -0.3 is 5.32 Å². The number of nitrogens with zero attached hydrogens (tertiary/aromatic N) is 2. The zero-order valence-electron chi connectivity index (χ0n) is 12.2. The molecule has 1 aliphatic heterocycles. The van der Waals surface area contributed by atoms with Gasteiger partial charge in [0.25, 0.3) is 5.56 Å². The van der Waals surface area contributed by atoms with Crippen LogP contribution in [0.25, 0.3) is 0 Å². The van der Waals surface area contributed by atoms with Gasteiger partial charge in [0.05, 0.1) is 11.6 Å². The summed E-state index contributed by atoms with van der Waals surface area (Å²) in [4.78, 5) is 28.6. The number of carbonyl (C=O) groups excluding carboxylic acids is 1. The number of hydrogen-bond donors (Lipinski definition) is 1. The monoisotopic (exact) mass is 337 g/mol. The van der Waals surface area contributed by atoms with Crippen LogP contribution in [0.3, 0.4) is 0 Å². The second-order valence-corrected chi connectivity index (χ2v) is 6.25. The van der Waals surface area contributed by atoms with E-state index in [1.54, 1.807) is 6.92 Å². The lowest BCUT2D eigenvalue weighted by atomic mass is 10.1. The SMILES string of the molecule is Cc1cnc2n(c1=O)CC(C(=O)Nc1cc(F)ccc1F)CS2. The van der Waals surface area contributed by atoms with E-state index in [0.717, 1.165) is 18.2 Å². The van der Waals surface area contributed by atoms with E-state index in [4.69, 9.17) is 0 Å². The van der Waals surface area contributed by atoms with Gasteiger partial charge in [0.1, 0.15) is 11.6 Å². The van der Waals surface area contributed by atoms with E-state index >= 15 is 0 Å². The molecule has 0 fully saturated rings. The summed E-state index contributed by atoms with van der Waals surface area (Å²) in [5, 5.41) is 2.94. The van der Waals surface area contributed by atoms with Crippen molar-refractivity contribution in [2.45, 2.75) is 18.6 Å². The second-order valence-electron chi connectivity index (χ2n) is 5.26. The Kier molecular flexibility index (Phi) is 4.16. The molecule has 23 heavy (non-hydrogen) atoms.